The summed E-state index contributed by atoms with van der Waals surface area (Å²) in [6.45, 7) is 0.279. The minimum Gasteiger partial charge on any atom is -0.389 e. The molecule has 1 fully saturated rings. The topological polar surface area (TPSA) is 63.4 Å². The minimum absolute atomic E-state index is 0.152. The average molecular weight is 266 g/mol. The minimum atomic E-state index is -0.198. The highest BCUT2D eigenvalue weighted by Gasteiger charge is 2.29. The molecule has 0 radical (unpaired) electrons. The molecule has 2 N–H and O–H groups in total. The fourth-order valence-electron chi connectivity index (χ4n) is 1.54. The van der Waals surface area contributed by atoms with Gasteiger partial charge in [-0.2, -0.15) is 0 Å². The van der Waals surface area contributed by atoms with E-state index in [1.807, 2.05) is 12.1 Å². The van der Waals surface area contributed by atoms with Crippen LogP contribution >= 0.6 is 24.0 Å². The Hall–Kier alpha value is -1.40. The zero-order chi connectivity index (χ0) is 12.4. The van der Waals surface area contributed by atoms with Crippen molar-refractivity contribution in [2.24, 2.45) is 5.73 Å². The summed E-state index contributed by atoms with van der Waals surface area (Å²) < 4.78 is 0. The molecule has 1 aliphatic heterocycles. The smallest absolute Gasteiger partial charge is 0.289 e. The number of carbonyl (C=O) groups excluding carboxylic acids is 2. The Labute approximate surface area is 108 Å². The molecule has 0 saturated carbocycles. The van der Waals surface area contributed by atoms with E-state index >= 15 is 0 Å². The third-order valence-electron chi connectivity index (χ3n) is 2.39. The standard InChI is InChI=1S/C11H10N2O2S2/c12-10(16)8-3-1-2-7(4-8)5-13-9(14)6-17-11(13)15/h1-4H,5-6H2,(H2,12,16). The molecule has 17 heavy (non-hydrogen) atoms. The van der Waals surface area contributed by atoms with Gasteiger partial charge in [-0.15, -0.1) is 0 Å². The summed E-state index contributed by atoms with van der Waals surface area (Å²) >= 11 is 5.91. The Kier molecular flexibility index (Phi) is 3.44. The van der Waals surface area contributed by atoms with Gasteiger partial charge in [0.1, 0.15) is 4.99 Å². The molecule has 2 amide bonds. The average Bonchev–Trinajstić information content (AvgIpc) is 2.61. The van der Waals surface area contributed by atoms with Crippen molar-refractivity contribution < 1.29 is 9.59 Å². The zero-order valence-corrected chi connectivity index (χ0v) is 10.5. The summed E-state index contributed by atoms with van der Waals surface area (Å²) in [7, 11) is 0. The molecule has 1 heterocycles. The molecule has 1 saturated heterocycles. The van der Waals surface area contributed by atoms with Crippen molar-refractivity contribution in [3.63, 3.8) is 0 Å². The van der Waals surface area contributed by atoms with Crippen LogP contribution in [-0.4, -0.2) is 26.8 Å². The van der Waals surface area contributed by atoms with E-state index in [-0.39, 0.29) is 23.4 Å². The van der Waals surface area contributed by atoms with E-state index in [9.17, 15) is 9.59 Å². The number of imide groups is 1. The number of thioether (sulfide) groups is 1. The normalized spacial score (nSPS) is 15.4. The maximum absolute atomic E-state index is 11.4. The lowest BCUT2D eigenvalue weighted by Gasteiger charge is -2.13. The van der Waals surface area contributed by atoms with Crippen LogP contribution in [0.3, 0.4) is 0 Å². The van der Waals surface area contributed by atoms with Gasteiger partial charge in [0.25, 0.3) is 5.24 Å². The van der Waals surface area contributed by atoms with Gasteiger partial charge in [-0.25, -0.2) is 0 Å². The van der Waals surface area contributed by atoms with Crippen LogP contribution < -0.4 is 5.73 Å². The molecule has 6 heteroatoms. The lowest BCUT2D eigenvalue weighted by atomic mass is 10.1. The molecule has 0 atom stereocenters. The molecular formula is C11H10N2O2S2. The van der Waals surface area contributed by atoms with Gasteiger partial charge < -0.3 is 5.73 Å². The number of hydrogen-bond acceptors (Lipinski definition) is 4. The first-order valence-corrected chi connectivity index (χ1v) is 6.33. The Morgan fingerprint density at radius 1 is 1.47 bits per heavy atom. The summed E-state index contributed by atoms with van der Waals surface area (Å²) in [4.78, 5) is 24.4. The molecule has 1 aliphatic rings. The number of nitrogens with two attached hydrogens (primary N) is 1. The van der Waals surface area contributed by atoms with Crippen LogP contribution in [0.4, 0.5) is 4.79 Å². The van der Waals surface area contributed by atoms with Gasteiger partial charge in [-0.3, -0.25) is 14.5 Å². The lowest BCUT2D eigenvalue weighted by molar-refractivity contribution is -0.125. The molecule has 0 aliphatic carbocycles. The summed E-state index contributed by atoms with van der Waals surface area (Å²) in [6, 6.07) is 7.24. The van der Waals surface area contributed by atoms with Crippen molar-refractivity contribution in [1.82, 2.24) is 4.90 Å². The van der Waals surface area contributed by atoms with E-state index in [0.717, 1.165) is 22.9 Å². The predicted octanol–water partition coefficient (Wildman–Crippen LogP) is 1.52. The maximum Gasteiger partial charge on any atom is 0.289 e. The third-order valence-corrected chi connectivity index (χ3v) is 3.49. The van der Waals surface area contributed by atoms with Gasteiger partial charge >= 0.3 is 0 Å². The van der Waals surface area contributed by atoms with Gasteiger partial charge in [0, 0.05) is 5.56 Å². The van der Waals surface area contributed by atoms with E-state index in [4.69, 9.17) is 18.0 Å². The maximum atomic E-state index is 11.4. The second-order valence-corrected chi connectivity index (χ2v) is 4.97. The van der Waals surface area contributed by atoms with Crippen molar-refractivity contribution >= 4 is 40.1 Å². The first-order chi connectivity index (χ1) is 8.08. The number of carbonyl (C=O) groups is 2. The van der Waals surface area contributed by atoms with Crippen LogP contribution in [0, 0.1) is 0 Å². The number of amides is 2. The van der Waals surface area contributed by atoms with E-state index < -0.39 is 0 Å². The summed E-state index contributed by atoms with van der Waals surface area (Å²) in [5, 5.41) is -0.198. The lowest BCUT2D eigenvalue weighted by Crippen LogP contribution is -2.28. The molecule has 1 aromatic rings. The van der Waals surface area contributed by atoms with Gasteiger partial charge in [0.2, 0.25) is 5.91 Å². The predicted molar refractivity (Wildman–Crippen MR) is 70.7 cm³/mol. The van der Waals surface area contributed by atoms with E-state index in [1.54, 1.807) is 12.1 Å². The van der Waals surface area contributed by atoms with Crippen LogP contribution in [-0.2, 0) is 11.3 Å². The second kappa shape index (κ2) is 4.85. The van der Waals surface area contributed by atoms with Crippen molar-refractivity contribution in [2.45, 2.75) is 6.54 Å². The fraction of sp³-hybridized carbons (Fsp3) is 0.182. The fourth-order valence-corrected chi connectivity index (χ4v) is 2.39. The zero-order valence-electron chi connectivity index (χ0n) is 8.88. The Bertz CT molecular complexity index is 486. The molecule has 0 unspecified atom stereocenters. The van der Waals surface area contributed by atoms with Crippen LogP contribution in [0.1, 0.15) is 11.1 Å². The molecule has 0 bridgehead atoms. The molecule has 4 nitrogen and oxygen atoms in total. The third kappa shape index (κ3) is 2.65. The molecule has 0 spiro atoms. The number of benzene rings is 1. The number of rotatable bonds is 3. The largest absolute Gasteiger partial charge is 0.389 e. The first-order valence-electron chi connectivity index (χ1n) is 4.94. The van der Waals surface area contributed by atoms with Crippen LogP contribution in [0.5, 0.6) is 0 Å². The SMILES string of the molecule is NC(=S)c1cccc(CN2C(=O)CSC2=O)c1. The summed E-state index contributed by atoms with van der Waals surface area (Å²) in [5.41, 5.74) is 7.11. The van der Waals surface area contributed by atoms with E-state index in [2.05, 4.69) is 0 Å². The highest BCUT2D eigenvalue weighted by atomic mass is 32.2. The van der Waals surface area contributed by atoms with Gasteiger partial charge in [0.15, 0.2) is 0 Å². The Balaban J connectivity index is 2.18. The Morgan fingerprint density at radius 2 is 2.24 bits per heavy atom. The molecule has 1 aromatic carbocycles. The molecule has 2 rings (SSSR count). The van der Waals surface area contributed by atoms with Crippen LogP contribution in [0.25, 0.3) is 0 Å². The quantitative estimate of drug-likeness (QED) is 0.840. The number of nitrogens with zero attached hydrogens (tertiary/aromatic N) is 1. The number of hydrogen-bond donors (Lipinski definition) is 1. The summed E-state index contributed by atoms with van der Waals surface area (Å²) in [6.07, 6.45) is 0. The van der Waals surface area contributed by atoms with Gasteiger partial charge in [-0.1, -0.05) is 42.2 Å². The second-order valence-electron chi connectivity index (χ2n) is 3.60. The van der Waals surface area contributed by atoms with Gasteiger partial charge in [-0.05, 0) is 11.6 Å². The van der Waals surface area contributed by atoms with Crippen LogP contribution in [0.15, 0.2) is 24.3 Å². The highest BCUT2D eigenvalue weighted by Crippen LogP contribution is 2.21. The molecular weight excluding hydrogens is 256 g/mol. The molecule has 0 aromatic heterocycles. The van der Waals surface area contributed by atoms with E-state index in [1.165, 1.54) is 4.90 Å². The van der Waals surface area contributed by atoms with Gasteiger partial charge in [0.05, 0.1) is 12.3 Å². The van der Waals surface area contributed by atoms with Crippen molar-refractivity contribution in [3.8, 4) is 0 Å². The van der Waals surface area contributed by atoms with E-state index in [0.29, 0.717) is 4.99 Å². The first kappa shape index (κ1) is 12.1. The summed E-state index contributed by atoms with van der Waals surface area (Å²) in [5.74, 6) is 0.0779. The van der Waals surface area contributed by atoms with Crippen molar-refractivity contribution in [3.05, 3.63) is 35.4 Å². The molecule has 88 valence electrons. The monoisotopic (exact) mass is 266 g/mol. The van der Waals surface area contributed by atoms with Crippen LogP contribution in [0.2, 0.25) is 0 Å². The van der Waals surface area contributed by atoms with Crippen molar-refractivity contribution in [1.29, 1.82) is 0 Å². The Morgan fingerprint density at radius 3 is 2.82 bits per heavy atom. The number of thiocarbonyl (C=S) groups is 1. The highest BCUT2D eigenvalue weighted by molar-refractivity contribution is 8.14. The van der Waals surface area contributed by atoms with Crippen molar-refractivity contribution in [2.75, 3.05) is 5.75 Å².